The van der Waals surface area contributed by atoms with E-state index in [1.54, 1.807) is 0 Å². The number of nitrogens with one attached hydrogen (secondary N) is 1. The van der Waals surface area contributed by atoms with Crippen molar-refractivity contribution in [1.82, 2.24) is 15.1 Å². The molecular weight excluding hydrogens is 238 g/mol. The Morgan fingerprint density at radius 3 is 2.37 bits per heavy atom. The molecule has 1 rings (SSSR count). The Labute approximate surface area is 118 Å². The molecule has 1 aliphatic rings. The van der Waals surface area contributed by atoms with Gasteiger partial charge in [-0.2, -0.15) is 0 Å². The van der Waals surface area contributed by atoms with Crippen LogP contribution < -0.4 is 5.32 Å². The first-order valence-corrected chi connectivity index (χ1v) is 7.48. The molecule has 1 saturated heterocycles. The molecule has 1 N–H and O–H groups in total. The Morgan fingerprint density at radius 1 is 1.37 bits per heavy atom. The van der Waals surface area contributed by atoms with Crippen LogP contribution in [0.5, 0.6) is 0 Å². The fourth-order valence-corrected chi connectivity index (χ4v) is 2.67. The number of carbonyl (C=O) groups is 1. The molecule has 0 bridgehead atoms. The van der Waals surface area contributed by atoms with Crippen molar-refractivity contribution in [1.29, 1.82) is 0 Å². The van der Waals surface area contributed by atoms with Crippen LogP contribution in [0.1, 0.15) is 47.5 Å². The van der Waals surface area contributed by atoms with E-state index >= 15 is 0 Å². The van der Waals surface area contributed by atoms with Crippen LogP contribution in [0.25, 0.3) is 0 Å². The van der Waals surface area contributed by atoms with Gasteiger partial charge in [0.15, 0.2) is 0 Å². The summed E-state index contributed by atoms with van der Waals surface area (Å²) in [4.78, 5) is 17.0. The van der Waals surface area contributed by atoms with Crippen LogP contribution in [-0.4, -0.2) is 54.1 Å². The third-order valence-electron chi connectivity index (χ3n) is 4.28. The van der Waals surface area contributed by atoms with E-state index in [-0.39, 0.29) is 23.7 Å². The zero-order valence-corrected chi connectivity index (χ0v) is 13.7. The topological polar surface area (TPSA) is 35.6 Å². The zero-order chi connectivity index (χ0) is 14.8. The normalized spacial score (nSPS) is 29.6. The fraction of sp³-hybridized carbons (Fsp3) is 0.933. The van der Waals surface area contributed by atoms with Crippen molar-refractivity contribution in [2.75, 3.05) is 20.6 Å². The monoisotopic (exact) mass is 269 g/mol. The number of nitrogens with zero attached hydrogens (tertiary/aromatic N) is 2. The average molecular weight is 269 g/mol. The van der Waals surface area contributed by atoms with E-state index < -0.39 is 0 Å². The second-order valence-corrected chi connectivity index (χ2v) is 6.67. The highest BCUT2D eigenvalue weighted by atomic mass is 16.2. The predicted molar refractivity (Wildman–Crippen MR) is 79.9 cm³/mol. The van der Waals surface area contributed by atoms with Gasteiger partial charge in [0.2, 0.25) is 5.91 Å². The van der Waals surface area contributed by atoms with E-state index in [4.69, 9.17) is 0 Å². The number of hydrogen-bond acceptors (Lipinski definition) is 3. The maximum absolute atomic E-state index is 12.7. The van der Waals surface area contributed by atoms with Crippen molar-refractivity contribution in [3.63, 3.8) is 0 Å². The Hall–Kier alpha value is -0.610. The van der Waals surface area contributed by atoms with Gasteiger partial charge < -0.3 is 9.80 Å². The van der Waals surface area contributed by atoms with E-state index in [2.05, 4.69) is 56.9 Å². The summed E-state index contributed by atoms with van der Waals surface area (Å²) in [7, 11) is 4.15. The second-order valence-electron chi connectivity index (χ2n) is 6.67. The van der Waals surface area contributed by atoms with Crippen LogP contribution in [0.3, 0.4) is 0 Å². The molecular formula is C15H31N3O. The molecule has 0 aromatic carbocycles. The molecule has 1 amide bonds. The number of rotatable bonds is 6. The third kappa shape index (κ3) is 3.48. The van der Waals surface area contributed by atoms with Gasteiger partial charge in [-0.1, -0.05) is 20.8 Å². The van der Waals surface area contributed by atoms with Gasteiger partial charge in [0.1, 0.15) is 0 Å². The van der Waals surface area contributed by atoms with Gasteiger partial charge in [0, 0.05) is 6.04 Å². The lowest BCUT2D eigenvalue weighted by Crippen LogP contribution is -2.47. The van der Waals surface area contributed by atoms with Crippen LogP contribution in [0.4, 0.5) is 0 Å². The molecule has 112 valence electrons. The molecule has 0 spiro atoms. The van der Waals surface area contributed by atoms with Crippen LogP contribution in [-0.2, 0) is 4.79 Å². The van der Waals surface area contributed by atoms with Crippen LogP contribution in [0.2, 0.25) is 0 Å². The van der Waals surface area contributed by atoms with Crippen molar-refractivity contribution in [3.05, 3.63) is 0 Å². The standard InChI is InChI=1S/C15H31N3O/c1-8-15(5)14(19)18(13(16-15)11(2)3)12(4)9-10-17(6)7/h11-13,16H,8-10H2,1-7H3. The molecule has 0 aromatic heterocycles. The third-order valence-corrected chi connectivity index (χ3v) is 4.28. The molecule has 3 atom stereocenters. The van der Waals surface area contributed by atoms with E-state index in [0.717, 1.165) is 19.4 Å². The summed E-state index contributed by atoms with van der Waals surface area (Å²) >= 11 is 0. The van der Waals surface area contributed by atoms with Gasteiger partial charge in [-0.05, 0) is 53.2 Å². The lowest BCUT2D eigenvalue weighted by atomic mass is 9.99. The predicted octanol–water partition coefficient (Wildman–Crippen LogP) is 1.91. The molecule has 0 aromatic rings. The molecule has 4 nitrogen and oxygen atoms in total. The molecule has 0 aliphatic carbocycles. The molecule has 1 aliphatic heterocycles. The van der Waals surface area contributed by atoms with Gasteiger partial charge in [-0.3, -0.25) is 10.1 Å². The van der Waals surface area contributed by atoms with Crippen molar-refractivity contribution in [2.24, 2.45) is 5.92 Å². The summed E-state index contributed by atoms with van der Waals surface area (Å²) in [6.45, 7) is 11.6. The Kier molecular flexibility index (Phi) is 5.39. The summed E-state index contributed by atoms with van der Waals surface area (Å²) in [5.74, 6) is 0.694. The Balaban J connectivity index is 2.85. The van der Waals surface area contributed by atoms with E-state index in [1.807, 2.05) is 6.92 Å². The average Bonchev–Trinajstić information content (AvgIpc) is 2.60. The van der Waals surface area contributed by atoms with Gasteiger partial charge >= 0.3 is 0 Å². The van der Waals surface area contributed by atoms with Crippen molar-refractivity contribution in [2.45, 2.75) is 65.2 Å². The molecule has 0 radical (unpaired) electrons. The minimum absolute atomic E-state index is 0.162. The highest BCUT2D eigenvalue weighted by Crippen LogP contribution is 2.29. The summed E-state index contributed by atoms with van der Waals surface area (Å²) < 4.78 is 0. The van der Waals surface area contributed by atoms with E-state index in [1.165, 1.54) is 0 Å². The minimum atomic E-state index is -0.388. The fourth-order valence-electron chi connectivity index (χ4n) is 2.67. The minimum Gasteiger partial charge on any atom is -0.323 e. The first-order valence-electron chi connectivity index (χ1n) is 7.48. The highest BCUT2D eigenvalue weighted by Gasteiger charge is 2.48. The lowest BCUT2D eigenvalue weighted by molar-refractivity contribution is -0.135. The van der Waals surface area contributed by atoms with E-state index in [9.17, 15) is 4.79 Å². The Morgan fingerprint density at radius 2 is 1.95 bits per heavy atom. The van der Waals surface area contributed by atoms with E-state index in [0.29, 0.717) is 5.92 Å². The smallest absolute Gasteiger partial charge is 0.244 e. The van der Waals surface area contributed by atoms with Gasteiger partial charge in [-0.25, -0.2) is 0 Å². The SMILES string of the molecule is CCC1(C)NC(C(C)C)N(C(C)CCN(C)C)C1=O. The lowest BCUT2D eigenvalue weighted by Gasteiger charge is -2.33. The number of carbonyl (C=O) groups excluding carboxylic acids is 1. The molecule has 19 heavy (non-hydrogen) atoms. The van der Waals surface area contributed by atoms with Crippen LogP contribution >= 0.6 is 0 Å². The van der Waals surface area contributed by atoms with Crippen LogP contribution in [0.15, 0.2) is 0 Å². The van der Waals surface area contributed by atoms with Crippen molar-refractivity contribution in [3.8, 4) is 0 Å². The second kappa shape index (κ2) is 6.23. The number of amides is 1. The maximum Gasteiger partial charge on any atom is 0.244 e. The summed E-state index contributed by atoms with van der Waals surface area (Å²) in [6.07, 6.45) is 2.02. The summed E-state index contributed by atoms with van der Waals surface area (Å²) in [6, 6.07) is 0.281. The largest absolute Gasteiger partial charge is 0.323 e. The first-order chi connectivity index (χ1) is 8.73. The molecule has 4 heteroatoms. The molecule has 1 heterocycles. The zero-order valence-electron chi connectivity index (χ0n) is 13.7. The quantitative estimate of drug-likeness (QED) is 0.800. The number of hydrogen-bond donors (Lipinski definition) is 1. The van der Waals surface area contributed by atoms with Gasteiger partial charge in [-0.15, -0.1) is 0 Å². The first kappa shape index (κ1) is 16.4. The molecule has 3 unspecified atom stereocenters. The van der Waals surface area contributed by atoms with Gasteiger partial charge in [0.25, 0.3) is 0 Å². The summed E-state index contributed by atoms with van der Waals surface area (Å²) in [5, 5.41) is 3.55. The molecule has 1 fully saturated rings. The van der Waals surface area contributed by atoms with Gasteiger partial charge in [0.05, 0.1) is 11.7 Å². The molecule has 0 saturated carbocycles. The maximum atomic E-state index is 12.7. The van der Waals surface area contributed by atoms with Crippen molar-refractivity contribution >= 4 is 5.91 Å². The Bertz CT molecular complexity index is 317. The van der Waals surface area contributed by atoms with Crippen molar-refractivity contribution < 1.29 is 4.79 Å². The van der Waals surface area contributed by atoms with Crippen LogP contribution in [0, 0.1) is 5.92 Å². The highest BCUT2D eigenvalue weighted by molar-refractivity contribution is 5.88. The summed E-state index contributed by atoms with van der Waals surface area (Å²) in [5.41, 5.74) is -0.388.